The van der Waals surface area contributed by atoms with Crippen molar-refractivity contribution in [1.29, 1.82) is 0 Å². The Morgan fingerprint density at radius 1 is 1.27 bits per heavy atom. The SMILES string of the molecule is NC(=O)[C@H](Sc1ncc(C(F)(F)F)cc1Cl)c1ccccc1. The Labute approximate surface area is 133 Å². The number of alkyl halides is 3. The van der Waals surface area contributed by atoms with E-state index in [2.05, 4.69) is 4.98 Å². The van der Waals surface area contributed by atoms with E-state index in [0.29, 0.717) is 11.8 Å². The Balaban J connectivity index is 2.30. The summed E-state index contributed by atoms with van der Waals surface area (Å²) in [6, 6.07) is 9.40. The Kier molecular flexibility index (Phi) is 4.97. The summed E-state index contributed by atoms with van der Waals surface area (Å²) in [6.45, 7) is 0. The fraction of sp³-hybridized carbons (Fsp3) is 0.143. The Hall–Kier alpha value is -1.73. The van der Waals surface area contributed by atoms with Crippen LogP contribution in [0.4, 0.5) is 13.2 Å². The summed E-state index contributed by atoms with van der Waals surface area (Å²) in [4.78, 5) is 15.3. The molecule has 3 nitrogen and oxygen atoms in total. The van der Waals surface area contributed by atoms with E-state index in [9.17, 15) is 18.0 Å². The molecule has 1 amide bonds. The highest BCUT2D eigenvalue weighted by atomic mass is 35.5. The molecule has 0 bridgehead atoms. The van der Waals surface area contributed by atoms with E-state index in [4.69, 9.17) is 17.3 Å². The van der Waals surface area contributed by atoms with Crippen LogP contribution in [0.25, 0.3) is 0 Å². The van der Waals surface area contributed by atoms with Crippen LogP contribution in [0.2, 0.25) is 5.02 Å². The average Bonchev–Trinajstić information content (AvgIpc) is 2.45. The maximum Gasteiger partial charge on any atom is 0.417 e. The molecule has 1 heterocycles. The summed E-state index contributed by atoms with van der Waals surface area (Å²) in [7, 11) is 0. The third-order valence-corrected chi connectivity index (χ3v) is 4.41. The molecular formula is C14H10ClF3N2OS. The standard InChI is InChI=1S/C14H10ClF3N2OS/c15-10-6-9(14(16,17)18)7-20-13(10)22-11(12(19)21)8-4-2-1-3-5-8/h1-7,11H,(H2,19,21)/t11-/m1/s1. The summed E-state index contributed by atoms with van der Waals surface area (Å²) in [6.07, 6.45) is -3.85. The number of rotatable bonds is 4. The van der Waals surface area contributed by atoms with E-state index in [0.717, 1.165) is 17.8 Å². The van der Waals surface area contributed by atoms with Crippen LogP contribution in [-0.4, -0.2) is 10.9 Å². The highest BCUT2D eigenvalue weighted by Gasteiger charge is 2.32. The maximum atomic E-state index is 12.6. The van der Waals surface area contributed by atoms with Gasteiger partial charge in [0.1, 0.15) is 10.3 Å². The fourth-order valence-corrected chi connectivity index (χ4v) is 2.91. The number of thioether (sulfide) groups is 1. The van der Waals surface area contributed by atoms with Gasteiger partial charge in [-0.2, -0.15) is 13.2 Å². The molecule has 0 spiro atoms. The predicted octanol–water partition coefficient (Wildman–Crippen LogP) is 4.07. The summed E-state index contributed by atoms with van der Waals surface area (Å²) in [5, 5.41) is -0.854. The minimum Gasteiger partial charge on any atom is -0.368 e. The summed E-state index contributed by atoms with van der Waals surface area (Å²) >= 11 is 6.75. The van der Waals surface area contributed by atoms with E-state index in [-0.39, 0.29) is 10.0 Å². The molecule has 0 saturated heterocycles. The van der Waals surface area contributed by atoms with Crippen LogP contribution in [0, 0.1) is 0 Å². The smallest absolute Gasteiger partial charge is 0.368 e. The molecule has 22 heavy (non-hydrogen) atoms. The monoisotopic (exact) mass is 346 g/mol. The van der Waals surface area contributed by atoms with Gasteiger partial charge in [0.25, 0.3) is 0 Å². The predicted molar refractivity (Wildman–Crippen MR) is 78.5 cm³/mol. The summed E-state index contributed by atoms with van der Waals surface area (Å²) < 4.78 is 37.7. The molecule has 116 valence electrons. The van der Waals surface area contributed by atoms with Crippen molar-refractivity contribution in [3.05, 3.63) is 58.7 Å². The second kappa shape index (κ2) is 6.58. The zero-order valence-corrected chi connectivity index (χ0v) is 12.5. The largest absolute Gasteiger partial charge is 0.417 e. The van der Waals surface area contributed by atoms with Crippen LogP contribution in [-0.2, 0) is 11.0 Å². The van der Waals surface area contributed by atoms with Crippen molar-refractivity contribution in [3.8, 4) is 0 Å². The van der Waals surface area contributed by atoms with E-state index in [1.807, 2.05) is 0 Å². The van der Waals surface area contributed by atoms with Crippen LogP contribution in [0.15, 0.2) is 47.6 Å². The number of nitrogens with two attached hydrogens (primary N) is 1. The van der Waals surface area contributed by atoms with Crippen molar-refractivity contribution in [3.63, 3.8) is 0 Å². The van der Waals surface area contributed by atoms with Gasteiger partial charge in [-0.05, 0) is 11.6 Å². The number of nitrogens with zero attached hydrogens (tertiary/aromatic N) is 1. The van der Waals surface area contributed by atoms with Crippen molar-refractivity contribution >= 4 is 29.3 Å². The van der Waals surface area contributed by atoms with Crippen molar-refractivity contribution in [2.24, 2.45) is 5.73 Å². The first-order valence-corrected chi connectivity index (χ1v) is 7.28. The first kappa shape index (κ1) is 16.6. The van der Waals surface area contributed by atoms with Gasteiger partial charge >= 0.3 is 6.18 Å². The summed E-state index contributed by atoms with van der Waals surface area (Å²) in [5.74, 6) is -0.631. The third kappa shape index (κ3) is 3.92. The van der Waals surface area contributed by atoms with Crippen molar-refractivity contribution < 1.29 is 18.0 Å². The number of carbonyl (C=O) groups excluding carboxylic acids is 1. The van der Waals surface area contributed by atoms with Gasteiger partial charge in [0.2, 0.25) is 5.91 Å². The molecule has 0 fully saturated rings. The molecule has 2 N–H and O–H groups in total. The molecule has 0 aliphatic heterocycles. The Morgan fingerprint density at radius 3 is 2.41 bits per heavy atom. The van der Waals surface area contributed by atoms with E-state index >= 15 is 0 Å². The van der Waals surface area contributed by atoms with E-state index in [1.165, 1.54) is 0 Å². The second-order valence-electron chi connectivity index (χ2n) is 4.32. The van der Waals surface area contributed by atoms with E-state index < -0.39 is 22.9 Å². The van der Waals surface area contributed by atoms with Crippen LogP contribution in [0.1, 0.15) is 16.4 Å². The molecule has 1 atom stereocenters. The zero-order chi connectivity index (χ0) is 16.3. The second-order valence-corrected chi connectivity index (χ2v) is 5.82. The van der Waals surface area contributed by atoms with Crippen molar-refractivity contribution in [1.82, 2.24) is 4.98 Å². The highest BCUT2D eigenvalue weighted by molar-refractivity contribution is 8.00. The number of aromatic nitrogens is 1. The lowest BCUT2D eigenvalue weighted by atomic mass is 10.1. The first-order valence-electron chi connectivity index (χ1n) is 6.02. The zero-order valence-electron chi connectivity index (χ0n) is 11.0. The molecule has 1 aromatic carbocycles. The van der Waals surface area contributed by atoms with Gasteiger partial charge < -0.3 is 5.73 Å². The molecule has 0 saturated carbocycles. The molecule has 0 radical (unpaired) electrons. The molecule has 2 rings (SSSR count). The normalized spacial score (nSPS) is 12.9. The molecular weight excluding hydrogens is 337 g/mol. The van der Waals surface area contributed by atoms with Gasteiger partial charge in [0, 0.05) is 6.20 Å². The minimum atomic E-state index is -4.53. The number of carbonyl (C=O) groups is 1. The average molecular weight is 347 g/mol. The Bertz CT molecular complexity index is 680. The molecule has 0 aliphatic rings. The maximum absolute atomic E-state index is 12.6. The van der Waals surface area contributed by atoms with Crippen LogP contribution in [0.5, 0.6) is 0 Å². The Morgan fingerprint density at radius 2 is 1.91 bits per heavy atom. The number of hydrogen-bond acceptors (Lipinski definition) is 3. The molecule has 1 aromatic heterocycles. The summed E-state index contributed by atoms with van der Waals surface area (Å²) in [5.41, 5.74) is 5.03. The number of primary amides is 1. The highest BCUT2D eigenvalue weighted by Crippen LogP contribution is 2.39. The fourth-order valence-electron chi connectivity index (χ4n) is 1.70. The quantitative estimate of drug-likeness (QED) is 0.849. The van der Waals surface area contributed by atoms with Crippen molar-refractivity contribution in [2.75, 3.05) is 0 Å². The van der Waals surface area contributed by atoms with Crippen LogP contribution in [0.3, 0.4) is 0 Å². The van der Waals surface area contributed by atoms with Gasteiger partial charge in [-0.1, -0.05) is 53.7 Å². The molecule has 0 aliphatic carbocycles. The first-order chi connectivity index (χ1) is 10.3. The van der Waals surface area contributed by atoms with Gasteiger partial charge in [-0.3, -0.25) is 4.79 Å². The number of pyridine rings is 1. The minimum absolute atomic E-state index is 0.113. The third-order valence-electron chi connectivity index (χ3n) is 2.72. The van der Waals surface area contributed by atoms with Crippen molar-refractivity contribution in [2.45, 2.75) is 16.5 Å². The lowest BCUT2D eigenvalue weighted by Gasteiger charge is -2.14. The van der Waals surface area contributed by atoms with Gasteiger partial charge in [0.15, 0.2) is 0 Å². The number of halogens is 4. The van der Waals surface area contributed by atoms with Gasteiger partial charge in [0.05, 0.1) is 10.6 Å². The topological polar surface area (TPSA) is 56.0 Å². The number of hydrogen-bond donors (Lipinski definition) is 1. The van der Waals surface area contributed by atoms with Gasteiger partial charge in [-0.15, -0.1) is 0 Å². The van der Waals surface area contributed by atoms with E-state index in [1.54, 1.807) is 30.3 Å². The lowest BCUT2D eigenvalue weighted by Crippen LogP contribution is -2.19. The number of amides is 1. The molecule has 2 aromatic rings. The lowest BCUT2D eigenvalue weighted by molar-refractivity contribution is -0.137. The van der Waals surface area contributed by atoms with Crippen LogP contribution < -0.4 is 5.73 Å². The molecule has 0 unspecified atom stereocenters. The van der Waals surface area contributed by atoms with Gasteiger partial charge in [-0.25, -0.2) is 4.98 Å². The number of benzene rings is 1. The van der Waals surface area contributed by atoms with Crippen LogP contribution >= 0.6 is 23.4 Å². The molecule has 8 heteroatoms.